The number of rotatable bonds is 6. The van der Waals surface area contributed by atoms with Crippen molar-refractivity contribution in [3.8, 4) is 0 Å². The van der Waals surface area contributed by atoms with Crippen LogP contribution >= 0.6 is 34.8 Å². The van der Waals surface area contributed by atoms with Crippen LogP contribution in [-0.4, -0.2) is 18.5 Å². The van der Waals surface area contributed by atoms with E-state index in [1.54, 1.807) is 30.3 Å². The van der Waals surface area contributed by atoms with E-state index in [0.29, 0.717) is 20.6 Å². The van der Waals surface area contributed by atoms with Gasteiger partial charge in [0.2, 0.25) is 0 Å². The summed E-state index contributed by atoms with van der Waals surface area (Å²) in [7, 11) is 0. The van der Waals surface area contributed by atoms with Gasteiger partial charge in [0, 0.05) is 15.1 Å². The predicted octanol–water partition coefficient (Wildman–Crippen LogP) is 4.61. The Morgan fingerprint density at radius 1 is 1.04 bits per heavy atom. The lowest BCUT2D eigenvalue weighted by Crippen LogP contribution is -2.31. The zero-order chi connectivity index (χ0) is 18.4. The second-order valence-corrected chi connectivity index (χ2v) is 6.69. The van der Waals surface area contributed by atoms with Crippen molar-refractivity contribution in [2.45, 2.75) is 19.4 Å². The zero-order valence-corrected chi connectivity index (χ0v) is 15.7. The Bertz CT molecular complexity index is 763. The molecule has 0 heterocycles. The van der Waals surface area contributed by atoms with Gasteiger partial charge in [-0.15, -0.1) is 0 Å². The lowest BCUT2D eigenvalue weighted by atomic mass is 10.1. The summed E-state index contributed by atoms with van der Waals surface area (Å²) in [6, 6.07) is 11.7. The summed E-state index contributed by atoms with van der Waals surface area (Å²) in [6.45, 7) is 1.47. The fourth-order valence-corrected chi connectivity index (χ4v) is 2.74. The van der Waals surface area contributed by atoms with Crippen LogP contribution in [0, 0.1) is 0 Å². The van der Waals surface area contributed by atoms with E-state index in [1.807, 2.05) is 19.1 Å². The van der Waals surface area contributed by atoms with Crippen molar-refractivity contribution in [1.29, 1.82) is 0 Å². The summed E-state index contributed by atoms with van der Waals surface area (Å²) in [5, 5.41) is 4.24. The zero-order valence-electron chi connectivity index (χ0n) is 13.4. The monoisotopic (exact) mass is 399 g/mol. The smallest absolute Gasteiger partial charge is 0.310 e. The Kier molecular flexibility index (Phi) is 7.12. The fourth-order valence-electron chi connectivity index (χ4n) is 2.14. The summed E-state index contributed by atoms with van der Waals surface area (Å²) in [4.78, 5) is 23.7. The van der Waals surface area contributed by atoms with Gasteiger partial charge in [0.25, 0.3) is 5.91 Å². The Morgan fingerprint density at radius 2 is 1.68 bits per heavy atom. The summed E-state index contributed by atoms with van der Waals surface area (Å²) in [6.07, 6.45) is -0.0317. The maximum absolute atomic E-state index is 11.9. The van der Waals surface area contributed by atoms with Crippen LogP contribution in [0.2, 0.25) is 15.1 Å². The largest absolute Gasteiger partial charge is 0.455 e. The molecule has 0 radical (unpaired) electrons. The van der Waals surface area contributed by atoms with Crippen LogP contribution in [-0.2, 0) is 20.7 Å². The lowest BCUT2D eigenvalue weighted by molar-refractivity contribution is -0.148. The van der Waals surface area contributed by atoms with Crippen LogP contribution < -0.4 is 5.32 Å². The third kappa shape index (κ3) is 6.24. The molecular weight excluding hydrogens is 385 g/mol. The third-order valence-corrected chi connectivity index (χ3v) is 4.30. The number of carbonyl (C=O) groups excluding carboxylic acids is 2. The first-order chi connectivity index (χ1) is 11.8. The van der Waals surface area contributed by atoms with Gasteiger partial charge in [-0.3, -0.25) is 9.59 Å². The van der Waals surface area contributed by atoms with Crippen molar-refractivity contribution in [2.24, 2.45) is 0 Å². The van der Waals surface area contributed by atoms with Crippen molar-refractivity contribution in [2.75, 3.05) is 6.61 Å². The van der Waals surface area contributed by atoms with E-state index in [2.05, 4.69) is 5.32 Å². The van der Waals surface area contributed by atoms with Crippen molar-refractivity contribution < 1.29 is 14.3 Å². The van der Waals surface area contributed by atoms with Gasteiger partial charge in [-0.25, -0.2) is 0 Å². The van der Waals surface area contributed by atoms with E-state index in [9.17, 15) is 9.59 Å². The normalized spacial score (nSPS) is 11.7. The Balaban J connectivity index is 1.80. The van der Waals surface area contributed by atoms with Crippen LogP contribution in [0.3, 0.4) is 0 Å². The minimum atomic E-state index is -0.543. The van der Waals surface area contributed by atoms with Crippen LogP contribution in [0.1, 0.15) is 24.1 Å². The third-order valence-electron chi connectivity index (χ3n) is 3.46. The van der Waals surface area contributed by atoms with Crippen molar-refractivity contribution in [1.82, 2.24) is 5.32 Å². The molecule has 0 aliphatic heterocycles. The molecule has 0 aromatic heterocycles. The predicted molar refractivity (Wildman–Crippen MR) is 99.1 cm³/mol. The molecule has 0 bridgehead atoms. The molecule has 132 valence electrons. The average molecular weight is 401 g/mol. The number of ether oxygens (including phenoxy) is 1. The molecule has 0 aliphatic rings. The Hall–Kier alpha value is -1.75. The van der Waals surface area contributed by atoms with Gasteiger partial charge < -0.3 is 10.1 Å². The van der Waals surface area contributed by atoms with Crippen LogP contribution in [0.25, 0.3) is 0 Å². The van der Waals surface area contributed by atoms with Gasteiger partial charge >= 0.3 is 5.97 Å². The van der Waals surface area contributed by atoms with E-state index in [4.69, 9.17) is 39.5 Å². The van der Waals surface area contributed by atoms with Crippen LogP contribution in [0.4, 0.5) is 0 Å². The van der Waals surface area contributed by atoms with Gasteiger partial charge in [0.05, 0.1) is 12.5 Å². The molecule has 0 aliphatic carbocycles. The average Bonchev–Trinajstić information content (AvgIpc) is 2.56. The Morgan fingerprint density at radius 3 is 2.32 bits per heavy atom. The number of amides is 1. The molecule has 2 aromatic rings. The van der Waals surface area contributed by atoms with Gasteiger partial charge in [-0.05, 0) is 42.3 Å². The maximum Gasteiger partial charge on any atom is 0.310 e. The molecule has 2 rings (SSSR count). The number of benzene rings is 2. The highest BCUT2D eigenvalue weighted by Crippen LogP contribution is 2.21. The molecule has 7 heteroatoms. The summed E-state index contributed by atoms with van der Waals surface area (Å²) < 4.78 is 4.99. The highest BCUT2D eigenvalue weighted by molar-refractivity contribution is 6.35. The molecule has 2 aromatic carbocycles. The summed E-state index contributed by atoms with van der Waals surface area (Å²) in [5.41, 5.74) is 1.49. The molecular formula is C18H16Cl3NO3. The number of hydrogen-bond acceptors (Lipinski definition) is 3. The SMILES string of the molecule is C[C@@H](NC(=O)COC(=O)Cc1ccc(Cl)cc1Cl)c1ccc(Cl)cc1. The number of hydrogen-bond donors (Lipinski definition) is 1. The van der Waals surface area contributed by atoms with Crippen molar-refractivity contribution >= 4 is 46.7 Å². The molecule has 1 atom stereocenters. The van der Waals surface area contributed by atoms with Gasteiger partial charge in [0.15, 0.2) is 6.61 Å². The minimum Gasteiger partial charge on any atom is -0.455 e. The number of nitrogens with one attached hydrogen (secondary N) is 1. The van der Waals surface area contributed by atoms with Crippen LogP contribution in [0.5, 0.6) is 0 Å². The van der Waals surface area contributed by atoms with Gasteiger partial charge in [-0.1, -0.05) is 53.0 Å². The second-order valence-electron chi connectivity index (χ2n) is 5.41. The molecule has 1 amide bonds. The van der Waals surface area contributed by atoms with Gasteiger partial charge in [-0.2, -0.15) is 0 Å². The summed E-state index contributed by atoms with van der Waals surface area (Å²) in [5.74, 6) is -0.934. The first-order valence-electron chi connectivity index (χ1n) is 7.49. The highest BCUT2D eigenvalue weighted by atomic mass is 35.5. The maximum atomic E-state index is 11.9. The number of esters is 1. The van der Waals surface area contributed by atoms with Gasteiger partial charge in [0.1, 0.15) is 0 Å². The molecule has 0 unspecified atom stereocenters. The fraction of sp³-hybridized carbons (Fsp3) is 0.222. The van der Waals surface area contributed by atoms with E-state index in [1.165, 1.54) is 0 Å². The quantitative estimate of drug-likeness (QED) is 0.720. The van der Waals surface area contributed by atoms with Crippen LogP contribution in [0.15, 0.2) is 42.5 Å². The number of carbonyl (C=O) groups is 2. The topological polar surface area (TPSA) is 55.4 Å². The lowest BCUT2D eigenvalue weighted by Gasteiger charge is -2.14. The van der Waals surface area contributed by atoms with E-state index in [0.717, 1.165) is 5.56 Å². The number of halogens is 3. The Labute approximate surface area is 161 Å². The molecule has 0 saturated heterocycles. The van der Waals surface area contributed by atoms with E-state index in [-0.39, 0.29) is 19.1 Å². The minimum absolute atomic E-state index is 0.0317. The molecule has 0 fully saturated rings. The molecule has 1 N–H and O–H groups in total. The molecule has 4 nitrogen and oxygen atoms in total. The molecule has 25 heavy (non-hydrogen) atoms. The van der Waals surface area contributed by atoms with Crippen molar-refractivity contribution in [3.63, 3.8) is 0 Å². The summed E-state index contributed by atoms with van der Waals surface area (Å²) >= 11 is 17.6. The second kappa shape index (κ2) is 9.09. The molecule has 0 spiro atoms. The van der Waals surface area contributed by atoms with E-state index < -0.39 is 11.9 Å². The molecule has 0 saturated carbocycles. The van der Waals surface area contributed by atoms with E-state index >= 15 is 0 Å². The highest BCUT2D eigenvalue weighted by Gasteiger charge is 2.13. The first kappa shape index (κ1) is 19.6. The first-order valence-corrected chi connectivity index (χ1v) is 8.63. The van der Waals surface area contributed by atoms with Crippen molar-refractivity contribution in [3.05, 3.63) is 68.7 Å². The standard InChI is InChI=1S/C18H16Cl3NO3/c1-11(12-2-5-14(19)6-3-12)22-17(23)10-25-18(24)8-13-4-7-15(20)9-16(13)21/h2-7,9,11H,8,10H2,1H3,(H,22,23)/t11-/m1/s1.